The quantitative estimate of drug-likeness (QED) is 0.843. The van der Waals surface area contributed by atoms with Crippen LogP contribution in [0.4, 0.5) is 0 Å². The molecule has 1 aromatic rings. The highest BCUT2D eigenvalue weighted by Crippen LogP contribution is 2.34. The van der Waals surface area contributed by atoms with Gasteiger partial charge in [0, 0.05) is 12.1 Å². The first-order valence-corrected chi connectivity index (χ1v) is 7.82. The van der Waals surface area contributed by atoms with E-state index in [9.17, 15) is 5.11 Å². The number of nitrogens with one attached hydrogen (secondary N) is 1. The lowest BCUT2D eigenvalue weighted by atomic mass is 9.82. The van der Waals surface area contributed by atoms with Crippen LogP contribution in [0, 0.1) is 5.92 Å². The molecule has 1 aromatic carbocycles. The van der Waals surface area contributed by atoms with E-state index in [1.54, 1.807) is 0 Å². The topological polar surface area (TPSA) is 32.3 Å². The van der Waals surface area contributed by atoms with Crippen molar-refractivity contribution < 1.29 is 5.11 Å². The van der Waals surface area contributed by atoms with Crippen LogP contribution in [0.1, 0.15) is 62.6 Å². The molecular formula is C17H25NO. The first kappa shape index (κ1) is 13.0. The van der Waals surface area contributed by atoms with E-state index in [4.69, 9.17) is 0 Å². The predicted octanol–water partition coefficient (Wildman–Crippen LogP) is 3.94. The molecule has 3 rings (SSSR count). The van der Waals surface area contributed by atoms with Crippen molar-refractivity contribution >= 4 is 0 Å². The summed E-state index contributed by atoms with van der Waals surface area (Å²) in [6.45, 7) is 2.39. The van der Waals surface area contributed by atoms with Crippen molar-refractivity contribution in [3.63, 3.8) is 0 Å². The molecule has 2 N–H and O–H groups in total. The van der Waals surface area contributed by atoms with E-state index in [0.717, 1.165) is 12.3 Å². The van der Waals surface area contributed by atoms with Gasteiger partial charge in [0.1, 0.15) is 5.75 Å². The molecule has 2 aliphatic carbocycles. The van der Waals surface area contributed by atoms with Crippen molar-refractivity contribution in [3.05, 3.63) is 29.3 Å². The summed E-state index contributed by atoms with van der Waals surface area (Å²) in [5.41, 5.74) is 2.76. The van der Waals surface area contributed by atoms with Gasteiger partial charge in [-0.2, -0.15) is 0 Å². The summed E-state index contributed by atoms with van der Waals surface area (Å²) in [5, 5.41) is 13.5. The molecular weight excluding hydrogens is 234 g/mol. The van der Waals surface area contributed by atoms with Gasteiger partial charge in [-0.25, -0.2) is 0 Å². The van der Waals surface area contributed by atoms with Crippen molar-refractivity contribution in [2.75, 3.05) is 0 Å². The van der Waals surface area contributed by atoms with E-state index >= 15 is 0 Å². The average molecular weight is 259 g/mol. The highest BCUT2D eigenvalue weighted by molar-refractivity contribution is 5.38. The van der Waals surface area contributed by atoms with Gasteiger partial charge in [-0.05, 0) is 61.3 Å². The van der Waals surface area contributed by atoms with E-state index in [1.165, 1.54) is 49.7 Å². The zero-order valence-electron chi connectivity index (χ0n) is 11.9. The second-order valence-electron chi connectivity index (χ2n) is 6.36. The number of aromatic hydroxyl groups is 1. The highest BCUT2D eigenvalue weighted by Gasteiger charge is 2.27. The summed E-state index contributed by atoms with van der Waals surface area (Å²) in [6.07, 6.45) is 9.04. The van der Waals surface area contributed by atoms with Gasteiger partial charge < -0.3 is 10.4 Å². The maximum absolute atomic E-state index is 9.62. The molecule has 104 valence electrons. The molecule has 0 aliphatic heterocycles. The lowest BCUT2D eigenvalue weighted by Gasteiger charge is -2.35. The summed E-state index contributed by atoms with van der Waals surface area (Å²) in [5.74, 6) is 1.21. The number of hydrogen-bond acceptors (Lipinski definition) is 2. The molecule has 2 aliphatic rings. The van der Waals surface area contributed by atoms with Crippen LogP contribution in [0.25, 0.3) is 0 Å². The van der Waals surface area contributed by atoms with E-state index in [-0.39, 0.29) is 0 Å². The monoisotopic (exact) mass is 259 g/mol. The zero-order chi connectivity index (χ0) is 13.2. The minimum absolute atomic E-state index is 0.408. The lowest BCUT2D eigenvalue weighted by Crippen LogP contribution is -2.40. The largest absolute Gasteiger partial charge is 0.508 e. The Morgan fingerprint density at radius 2 is 1.95 bits per heavy atom. The van der Waals surface area contributed by atoms with Crippen LogP contribution in [0.5, 0.6) is 5.75 Å². The number of hydrogen-bond donors (Lipinski definition) is 2. The maximum Gasteiger partial charge on any atom is 0.115 e. The van der Waals surface area contributed by atoms with Crippen molar-refractivity contribution in [3.8, 4) is 5.75 Å². The molecule has 1 fully saturated rings. The fourth-order valence-corrected chi connectivity index (χ4v) is 3.80. The normalized spacial score (nSPS) is 30.9. The Balaban J connectivity index is 1.76. The van der Waals surface area contributed by atoms with E-state index in [2.05, 4.69) is 18.3 Å². The molecule has 0 bridgehead atoms. The molecule has 2 heteroatoms. The Morgan fingerprint density at radius 1 is 1.11 bits per heavy atom. The maximum atomic E-state index is 9.62. The van der Waals surface area contributed by atoms with Gasteiger partial charge >= 0.3 is 0 Å². The van der Waals surface area contributed by atoms with Gasteiger partial charge in [-0.1, -0.05) is 25.8 Å². The Hall–Kier alpha value is -1.02. The van der Waals surface area contributed by atoms with Gasteiger partial charge in [-0.3, -0.25) is 0 Å². The van der Waals surface area contributed by atoms with E-state index in [1.807, 2.05) is 12.1 Å². The Morgan fingerprint density at radius 3 is 2.79 bits per heavy atom. The molecule has 19 heavy (non-hydrogen) atoms. The SMILES string of the molecule is CC1CCCCC1NC1CCCc2cc(O)ccc21. The lowest BCUT2D eigenvalue weighted by molar-refractivity contribution is 0.249. The van der Waals surface area contributed by atoms with E-state index in [0.29, 0.717) is 17.8 Å². The molecule has 2 nitrogen and oxygen atoms in total. The molecule has 3 unspecified atom stereocenters. The van der Waals surface area contributed by atoms with Crippen LogP contribution in [0.3, 0.4) is 0 Å². The first-order valence-electron chi connectivity index (χ1n) is 7.82. The van der Waals surface area contributed by atoms with Crippen LogP contribution in [-0.2, 0) is 6.42 Å². The average Bonchev–Trinajstić information content (AvgIpc) is 2.41. The molecule has 0 aromatic heterocycles. The summed E-state index contributed by atoms with van der Waals surface area (Å²) >= 11 is 0. The molecule has 3 atom stereocenters. The van der Waals surface area contributed by atoms with Gasteiger partial charge in [0.25, 0.3) is 0 Å². The molecule has 0 saturated heterocycles. The third-order valence-corrected chi connectivity index (χ3v) is 4.97. The van der Waals surface area contributed by atoms with Crippen molar-refractivity contribution in [1.29, 1.82) is 0 Å². The second kappa shape index (κ2) is 5.54. The number of benzene rings is 1. The van der Waals surface area contributed by atoms with Crippen molar-refractivity contribution in [2.45, 2.75) is 64.0 Å². The standard InChI is InChI=1S/C17H25NO/c1-12-5-2-3-7-16(12)18-17-8-4-6-13-11-14(19)9-10-15(13)17/h9-12,16-19H,2-8H2,1H3. The number of phenolic OH excluding ortho intramolecular Hbond substituents is 1. The van der Waals surface area contributed by atoms with Gasteiger partial charge in [-0.15, -0.1) is 0 Å². The Bertz CT molecular complexity index is 443. The zero-order valence-corrected chi connectivity index (χ0v) is 11.9. The fourth-order valence-electron chi connectivity index (χ4n) is 3.80. The summed E-state index contributed by atoms with van der Waals surface area (Å²) in [4.78, 5) is 0. The molecule has 0 radical (unpaired) electrons. The molecule has 0 heterocycles. The fraction of sp³-hybridized carbons (Fsp3) is 0.647. The van der Waals surface area contributed by atoms with Crippen LogP contribution < -0.4 is 5.32 Å². The van der Waals surface area contributed by atoms with Gasteiger partial charge in [0.15, 0.2) is 0 Å². The minimum atomic E-state index is 0.408. The second-order valence-corrected chi connectivity index (χ2v) is 6.36. The third kappa shape index (κ3) is 2.79. The summed E-state index contributed by atoms with van der Waals surface area (Å²) in [6, 6.07) is 7.08. The van der Waals surface area contributed by atoms with Crippen LogP contribution in [0.2, 0.25) is 0 Å². The van der Waals surface area contributed by atoms with Gasteiger partial charge in [0.2, 0.25) is 0 Å². The number of rotatable bonds is 2. The smallest absolute Gasteiger partial charge is 0.115 e. The van der Waals surface area contributed by atoms with Crippen LogP contribution in [0.15, 0.2) is 18.2 Å². The minimum Gasteiger partial charge on any atom is -0.508 e. The van der Waals surface area contributed by atoms with Gasteiger partial charge in [0.05, 0.1) is 0 Å². The summed E-state index contributed by atoms with van der Waals surface area (Å²) in [7, 11) is 0. The predicted molar refractivity (Wildman–Crippen MR) is 78.3 cm³/mol. The van der Waals surface area contributed by atoms with Crippen molar-refractivity contribution in [2.24, 2.45) is 5.92 Å². The van der Waals surface area contributed by atoms with E-state index < -0.39 is 0 Å². The first-order chi connectivity index (χ1) is 9.24. The van der Waals surface area contributed by atoms with Crippen LogP contribution >= 0.6 is 0 Å². The Kier molecular flexibility index (Phi) is 3.79. The summed E-state index contributed by atoms with van der Waals surface area (Å²) < 4.78 is 0. The Labute approximate surface area is 116 Å². The molecule has 1 saturated carbocycles. The van der Waals surface area contributed by atoms with Crippen molar-refractivity contribution in [1.82, 2.24) is 5.32 Å². The third-order valence-electron chi connectivity index (χ3n) is 4.97. The molecule has 0 amide bonds. The van der Waals surface area contributed by atoms with Crippen LogP contribution in [-0.4, -0.2) is 11.1 Å². The molecule has 0 spiro atoms. The number of fused-ring (bicyclic) bond motifs is 1. The number of phenols is 1. The number of aryl methyl sites for hydroxylation is 1. The highest BCUT2D eigenvalue weighted by atomic mass is 16.3.